The summed E-state index contributed by atoms with van der Waals surface area (Å²) in [7, 11) is 1.12. The summed E-state index contributed by atoms with van der Waals surface area (Å²) in [5.74, 6) is -0.882. The summed E-state index contributed by atoms with van der Waals surface area (Å²) in [5, 5.41) is 0. The molecule has 2 unspecified atom stereocenters. The van der Waals surface area contributed by atoms with Gasteiger partial charge in [-0.1, -0.05) is 187 Å². The summed E-state index contributed by atoms with van der Waals surface area (Å²) in [6.45, 7) is 3.94. The Labute approximate surface area is 416 Å². The molecule has 0 aliphatic heterocycles. The Morgan fingerprint density at radius 3 is 1.18 bits per heavy atom. The third-order valence-electron chi connectivity index (χ3n) is 10.5. The van der Waals surface area contributed by atoms with Gasteiger partial charge in [0.1, 0.15) is 19.8 Å². The van der Waals surface area contributed by atoms with E-state index in [1.54, 1.807) is 0 Å². The molecular formula is C58H96NO8P. The highest BCUT2D eigenvalue weighted by atomic mass is 31.2. The second-order valence-electron chi connectivity index (χ2n) is 18.1. The summed E-state index contributed by atoms with van der Waals surface area (Å²) >= 11 is 0. The van der Waals surface area contributed by atoms with Gasteiger partial charge in [0, 0.05) is 12.8 Å². The fourth-order valence-corrected chi connectivity index (χ4v) is 7.20. The first-order valence-corrected chi connectivity index (χ1v) is 27.7. The van der Waals surface area contributed by atoms with E-state index >= 15 is 0 Å². The van der Waals surface area contributed by atoms with Crippen molar-refractivity contribution in [3.05, 3.63) is 122 Å². The van der Waals surface area contributed by atoms with Crippen molar-refractivity contribution in [3.63, 3.8) is 0 Å². The molecule has 10 heteroatoms. The monoisotopic (exact) mass is 966 g/mol. The normalized spacial score (nSPS) is 14.4. The minimum Gasteiger partial charge on any atom is -0.756 e. The number of unbranched alkanes of at least 4 members (excludes halogenated alkanes) is 12. The SMILES string of the molecule is CC/C=C\C/C=C\C/C=C\C/C=C\C/C=C\C/C=C\CCCCCCCCCCC(=O)OC(COC(=O)CCCCCC/C=C\C/C=C\C/C=C\C/C=C\CC)COP(=O)([O-])OCC[N+](C)(C)C. The number of phosphoric ester groups is 1. The minimum absolute atomic E-state index is 0.0442. The maximum absolute atomic E-state index is 12.8. The van der Waals surface area contributed by atoms with Gasteiger partial charge in [-0.3, -0.25) is 14.2 Å². The number of phosphoric acid groups is 1. The number of ether oxygens (including phenoxy) is 2. The van der Waals surface area contributed by atoms with Crippen molar-refractivity contribution in [1.82, 2.24) is 0 Å². The van der Waals surface area contributed by atoms with Crippen LogP contribution in [0, 0.1) is 0 Å². The molecule has 0 amide bonds. The lowest BCUT2D eigenvalue weighted by molar-refractivity contribution is -0.870. The second kappa shape index (κ2) is 48.4. The molecule has 0 aliphatic rings. The average molecular weight is 966 g/mol. The van der Waals surface area contributed by atoms with E-state index in [0.717, 1.165) is 116 Å². The first-order valence-electron chi connectivity index (χ1n) is 26.2. The fourth-order valence-electron chi connectivity index (χ4n) is 6.47. The maximum atomic E-state index is 12.8. The molecule has 0 fully saturated rings. The molecule has 0 heterocycles. The van der Waals surface area contributed by atoms with E-state index in [9.17, 15) is 19.0 Å². The van der Waals surface area contributed by atoms with Crippen molar-refractivity contribution in [2.24, 2.45) is 0 Å². The van der Waals surface area contributed by atoms with E-state index in [-0.39, 0.29) is 26.1 Å². The van der Waals surface area contributed by atoms with Gasteiger partial charge in [0.2, 0.25) is 0 Å². The van der Waals surface area contributed by atoms with Crippen molar-refractivity contribution in [2.75, 3.05) is 47.5 Å². The highest BCUT2D eigenvalue weighted by Gasteiger charge is 2.21. The van der Waals surface area contributed by atoms with E-state index in [2.05, 4.69) is 135 Å². The van der Waals surface area contributed by atoms with Gasteiger partial charge in [-0.05, 0) is 103 Å². The Kier molecular flexibility index (Phi) is 45.9. The molecule has 0 aliphatic carbocycles. The number of allylic oxidation sites excluding steroid dienone is 20. The molecule has 0 radical (unpaired) electrons. The molecule has 2 atom stereocenters. The van der Waals surface area contributed by atoms with Crippen LogP contribution in [0.4, 0.5) is 0 Å². The fraction of sp³-hybridized carbons (Fsp3) is 0.621. The number of hydrogen-bond donors (Lipinski definition) is 0. The summed E-state index contributed by atoms with van der Waals surface area (Å²) in [6, 6.07) is 0. The Morgan fingerprint density at radius 2 is 0.794 bits per heavy atom. The van der Waals surface area contributed by atoms with Crippen LogP contribution in [0.5, 0.6) is 0 Å². The van der Waals surface area contributed by atoms with Crippen LogP contribution < -0.4 is 4.89 Å². The van der Waals surface area contributed by atoms with E-state index < -0.39 is 32.5 Å². The molecule has 0 bridgehead atoms. The zero-order valence-corrected chi connectivity index (χ0v) is 44.4. The number of esters is 2. The van der Waals surface area contributed by atoms with Gasteiger partial charge in [0.25, 0.3) is 7.82 Å². The molecule has 0 rings (SSSR count). The van der Waals surface area contributed by atoms with Crippen LogP contribution in [0.2, 0.25) is 0 Å². The van der Waals surface area contributed by atoms with Crippen LogP contribution in [-0.4, -0.2) is 70.0 Å². The lowest BCUT2D eigenvalue weighted by atomic mass is 10.1. The molecule has 0 saturated carbocycles. The predicted octanol–water partition coefficient (Wildman–Crippen LogP) is 15.4. The van der Waals surface area contributed by atoms with Gasteiger partial charge >= 0.3 is 11.9 Å². The molecule has 386 valence electrons. The Balaban J connectivity index is 4.30. The molecule has 9 nitrogen and oxygen atoms in total. The number of rotatable bonds is 46. The lowest BCUT2D eigenvalue weighted by Gasteiger charge is -2.28. The number of carbonyl (C=O) groups excluding carboxylic acids is 2. The standard InChI is InChI=1S/C58H96NO8P/c1-6-8-10-12-14-16-18-20-22-24-25-26-27-28-29-30-31-32-33-35-37-39-41-43-45-47-49-51-58(61)67-56(55-66-68(62,63)65-53-52-59(3,4)5)54-64-57(60)50-48-46-44-42-40-38-36-34-23-21-19-17-15-13-11-9-7-2/h8-11,14-17,20-23,25-26,28-29,31-32,36,38,56H,6-7,12-13,18-19,24,27,30,33-35,37,39-55H2,1-5H3/b10-8-,11-9-,16-14-,17-15-,22-20-,23-21-,26-25-,29-28-,32-31-,38-36-. The first kappa shape index (κ1) is 64.4. The van der Waals surface area contributed by atoms with Gasteiger partial charge in [-0.25, -0.2) is 0 Å². The lowest BCUT2D eigenvalue weighted by Crippen LogP contribution is -2.37. The Bertz CT molecular complexity index is 1560. The smallest absolute Gasteiger partial charge is 0.306 e. The molecular weight excluding hydrogens is 870 g/mol. The van der Waals surface area contributed by atoms with E-state index in [1.807, 2.05) is 21.1 Å². The van der Waals surface area contributed by atoms with Gasteiger partial charge in [0.15, 0.2) is 6.10 Å². The minimum atomic E-state index is -4.65. The molecule has 0 saturated heterocycles. The van der Waals surface area contributed by atoms with Crippen LogP contribution in [0.3, 0.4) is 0 Å². The Hall–Kier alpha value is -3.59. The van der Waals surface area contributed by atoms with Crippen molar-refractivity contribution in [1.29, 1.82) is 0 Å². The zero-order valence-electron chi connectivity index (χ0n) is 43.5. The van der Waals surface area contributed by atoms with Crippen molar-refractivity contribution < 1.29 is 42.1 Å². The number of carbonyl (C=O) groups is 2. The molecule has 0 N–H and O–H groups in total. The van der Waals surface area contributed by atoms with Gasteiger partial charge in [-0.2, -0.15) is 0 Å². The van der Waals surface area contributed by atoms with E-state index in [1.165, 1.54) is 25.7 Å². The van der Waals surface area contributed by atoms with Gasteiger partial charge in [0.05, 0.1) is 27.7 Å². The van der Waals surface area contributed by atoms with E-state index in [4.69, 9.17) is 18.5 Å². The van der Waals surface area contributed by atoms with Crippen molar-refractivity contribution in [2.45, 2.75) is 187 Å². The van der Waals surface area contributed by atoms with E-state index in [0.29, 0.717) is 23.9 Å². The number of hydrogen-bond acceptors (Lipinski definition) is 8. The van der Waals surface area contributed by atoms with Gasteiger partial charge < -0.3 is 27.9 Å². The largest absolute Gasteiger partial charge is 0.756 e. The van der Waals surface area contributed by atoms with Crippen LogP contribution in [0.1, 0.15) is 181 Å². The summed E-state index contributed by atoms with van der Waals surface area (Å²) in [6.07, 6.45) is 68.0. The molecule has 0 aromatic carbocycles. The summed E-state index contributed by atoms with van der Waals surface area (Å²) in [5.41, 5.74) is 0. The Morgan fingerprint density at radius 1 is 0.456 bits per heavy atom. The van der Waals surface area contributed by atoms with Crippen LogP contribution in [0.15, 0.2) is 122 Å². The van der Waals surface area contributed by atoms with Crippen LogP contribution in [0.25, 0.3) is 0 Å². The third-order valence-corrected chi connectivity index (χ3v) is 11.4. The summed E-state index contributed by atoms with van der Waals surface area (Å²) in [4.78, 5) is 37.8. The van der Waals surface area contributed by atoms with Crippen LogP contribution >= 0.6 is 7.82 Å². The quantitative estimate of drug-likeness (QED) is 0.0195. The summed E-state index contributed by atoms with van der Waals surface area (Å²) < 4.78 is 34.0. The second-order valence-corrected chi connectivity index (χ2v) is 19.5. The zero-order chi connectivity index (χ0) is 49.9. The third kappa shape index (κ3) is 51.8. The van der Waals surface area contributed by atoms with Crippen molar-refractivity contribution >= 4 is 19.8 Å². The van der Waals surface area contributed by atoms with Crippen molar-refractivity contribution in [3.8, 4) is 0 Å². The molecule has 0 aromatic rings. The highest BCUT2D eigenvalue weighted by Crippen LogP contribution is 2.38. The molecule has 0 spiro atoms. The highest BCUT2D eigenvalue weighted by molar-refractivity contribution is 7.45. The topological polar surface area (TPSA) is 111 Å². The number of quaternary nitrogens is 1. The number of likely N-dealkylation sites (N-methyl/N-ethyl adjacent to an activating group) is 1. The molecule has 68 heavy (non-hydrogen) atoms. The predicted molar refractivity (Wildman–Crippen MR) is 286 cm³/mol. The number of nitrogens with zero attached hydrogens (tertiary/aromatic N) is 1. The molecule has 0 aromatic heterocycles. The first-order chi connectivity index (χ1) is 33.0. The maximum Gasteiger partial charge on any atom is 0.306 e. The van der Waals surface area contributed by atoms with Gasteiger partial charge in [-0.15, -0.1) is 0 Å². The average Bonchev–Trinajstić information content (AvgIpc) is 3.30. The van der Waals surface area contributed by atoms with Crippen LogP contribution in [-0.2, 0) is 32.7 Å².